The highest BCUT2D eigenvalue weighted by Crippen LogP contribution is 2.22. The van der Waals surface area contributed by atoms with E-state index in [9.17, 15) is 0 Å². The van der Waals surface area contributed by atoms with Crippen LogP contribution in [0.1, 0.15) is 31.0 Å². The SMILES string of the molecule is Cc1cccc(Nc2nc(C(C)C)cnc2N)c1. The van der Waals surface area contributed by atoms with Crippen molar-refractivity contribution in [3.8, 4) is 0 Å². The second kappa shape index (κ2) is 5.04. The van der Waals surface area contributed by atoms with Gasteiger partial charge in [-0.05, 0) is 30.5 Å². The molecule has 0 spiro atoms. The van der Waals surface area contributed by atoms with E-state index >= 15 is 0 Å². The van der Waals surface area contributed by atoms with Crippen LogP contribution in [-0.4, -0.2) is 9.97 Å². The molecule has 0 atom stereocenters. The number of rotatable bonds is 3. The molecule has 1 heterocycles. The normalized spacial score (nSPS) is 10.7. The highest BCUT2D eigenvalue weighted by Gasteiger charge is 2.07. The summed E-state index contributed by atoms with van der Waals surface area (Å²) in [5, 5.41) is 3.21. The average molecular weight is 242 g/mol. The van der Waals surface area contributed by atoms with Crippen molar-refractivity contribution < 1.29 is 0 Å². The van der Waals surface area contributed by atoms with Gasteiger partial charge in [-0.1, -0.05) is 26.0 Å². The van der Waals surface area contributed by atoms with Crippen LogP contribution in [0.25, 0.3) is 0 Å². The number of anilines is 3. The summed E-state index contributed by atoms with van der Waals surface area (Å²) in [5.74, 6) is 1.36. The quantitative estimate of drug-likeness (QED) is 0.867. The molecule has 3 N–H and O–H groups in total. The fourth-order valence-corrected chi connectivity index (χ4v) is 1.64. The van der Waals surface area contributed by atoms with E-state index in [1.54, 1.807) is 6.20 Å². The minimum absolute atomic E-state index is 0.330. The van der Waals surface area contributed by atoms with Gasteiger partial charge in [0.25, 0.3) is 0 Å². The molecule has 4 heteroatoms. The van der Waals surface area contributed by atoms with Gasteiger partial charge in [0.1, 0.15) is 0 Å². The molecule has 2 rings (SSSR count). The maximum Gasteiger partial charge on any atom is 0.173 e. The summed E-state index contributed by atoms with van der Waals surface area (Å²) in [6, 6.07) is 8.07. The lowest BCUT2D eigenvalue weighted by molar-refractivity contribution is 0.815. The van der Waals surface area contributed by atoms with E-state index in [1.165, 1.54) is 5.56 Å². The largest absolute Gasteiger partial charge is 0.381 e. The van der Waals surface area contributed by atoms with Gasteiger partial charge in [-0.25, -0.2) is 9.97 Å². The Kier molecular flexibility index (Phi) is 3.46. The summed E-state index contributed by atoms with van der Waals surface area (Å²) in [5.41, 5.74) is 8.93. The van der Waals surface area contributed by atoms with Gasteiger partial charge in [-0.3, -0.25) is 0 Å². The molecule has 0 unspecified atom stereocenters. The lowest BCUT2D eigenvalue weighted by atomic mass is 10.1. The summed E-state index contributed by atoms with van der Waals surface area (Å²) < 4.78 is 0. The van der Waals surface area contributed by atoms with Crippen molar-refractivity contribution in [1.29, 1.82) is 0 Å². The zero-order chi connectivity index (χ0) is 13.1. The van der Waals surface area contributed by atoms with Gasteiger partial charge < -0.3 is 11.1 Å². The van der Waals surface area contributed by atoms with E-state index in [0.717, 1.165) is 11.4 Å². The number of nitrogens with two attached hydrogens (primary N) is 1. The Morgan fingerprint density at radius 1 is 1.28 bits per heavy atom. The molecule has 18 heavy (non-hydrogen) atoms. The first-order valence-corrected chi connectivity index (χ1v) is 6.02. The van der Waals surface area contributed by atoms with Crippen LogP contribution in [-0.2, 0) is 0 Å². The van der Waals surface area contributed by atoms with E-state index in [1.807, 2.05) is 31.2 Å². The molecule has 2 aromatic rings. The minimum atomic E-state index is 0.330. The molecule has 0 bridgehead atoms. The first-order chi connectivity index (χ1) is 8.56. The molecule has 0 amide bonds. The van der Waals surface area contributed by atoms with Crippen LogP contribution >= 0.6 is 0 Å². The van der Waals surface area contributed by atoms with E-state index < -0.39 is 0 Å². The molecule has 0 saturated carbocycles. The smallest absolute Gasteiger partial charge is 0.173 e. The van der Waals surface area contributed by atoms with Crippen molar-refractivity contribution in [2.75, 3.05) is 11.1 Å². The van der Waals surface area contributed by atoms with Crippen LogP contribution in [0.4, 0.5) is 17.3 Å². The van der Waals surface area contributed by atoms with Crippen molar-refractivity contribution in [1.82, 2.24) is 9.97 Å². The van der Waals surface area contributed by atoms with Crippen LogP contribution in [0.2, 0.25) is 0 Å². The number of nitrogens with one attached hydrogen (secondary N) is 1. The van der Waals surface area contributed by atoms with Crippen LogP contribution in [0, 0.1) is 6.92 Å². The predicted molar refractivity (Wildman–Crippen MR) is 75.0 cm³/mol. The lowest BCUT2D eigenvalue weighted by Crippen LogP contribution is -2.05. The number of benzene rings is 1. The van der Waals surface area contributed by atoms with Gasteiger partial charge in [-0.2, -0.15) is 0 Å². The molecule has 0 fully saturated rings. The second-order valence-corrected chi connectivity index (χ2v) is 4.68. The monoisotopic (exact) mass is 242 g/mol. The van der Waals surface area contributed by atoms with E-state index in [2.05, 4.69) is 29.1 Å². The van der Waals surface area contributed by atoms with Crippen molar-refractivity contribution >= 4 is 17.3 Å². The summed E-state index contributed by atoms with van der Waals surface area (Å²) >= 11 is 0. The number of nitrogens with zero attached hydrogens (tertiary/aromatic N) is 2. The van der Waals surface area contributed by atoms with Crippen LogP contribution in [0.5, 0.6) is 0 Å². The number of hydrogen-bond donors (Lipinski definition) is 2. The van der Waals surface area contributed by atoms with E-state index in [-0.39, 0.29) is 0 Å². The zero-order valence-corrected chi connectivity index (χ0v) is 10.9. The fourth-order valence-electron chi connectivity index (χ4n) is 1.64. The molecule has 0 aliphatic heterocycles. The first-order valence-electron chi connectivity index (χ1n) is 6.02. The molecular weight excluding hydrogens is 224 g/mol. The second-order valence-electron chi connectivity index (χ2n) is 4.68. The standard InChI is InChI=1S/C14H18N4/c1-9(2)12-8-16-13(15)14(18-12)17-11-6-4-5-10(3)7-11/h4-9H,1-3H3,(H2,15,16)(H,17,18). The molecule has 94 valence electrons. The summed E-state index contributed by atoms with van der Waals surface area (Å²) in [7, 11) is 0. The third kappa shape index (κ3) is 2.77. The van der Waals surface area contributed by atoms with Crippen molar-refractivity contribution in [2.45, 2.75) is 26.7 Å². The Labute approximate surface area is 107 Å². The third-order valence-electron chi connectivity index (χ3n) is 2.69. The molecule has 1 aromatic heterocycles. The fraction of sp³-hybridized carbons (Fsp3) is 0.286. The summed E-state index contributed by atoms with van der Waals surface area (Å²) in [4.78, 5) is 8.67. The highest BCUT2D eigenvalue weighted by molar-refractivity contribution is 5.65. The van der Waals surface area contributed by atoms with Gasteiger partial charge in [0.2, 0.25) is 0 Å². The van der Waals surface area contributed by atoms with Gasteiger partial charge in [-0.15, -0.1) is 0 Å². The van der Waals surface area contributed by atoms with Gasteiger partial charge in [0.15, 0.2) is 11.6 Å². The highest BCUT2D eigenvalue weighted by atomic mass is 15.1. The van der Waals surface area contributed by atoms with Crippen molar-refractivity contribution in [3.05, 3.63) is 41.7 Å². The van der Waals surface area contributed by atoms with Crippen LogP contribution < -0.4 is 11.1 Å². The van der Waals surface area contributed by atoms with Crippen molar-refractivity contribution in [3.63, 3.8) is 0 Å². The Morgan fingerprint density at radius 3 is 2.72 bits per heavy atom. The summed E-state index contributed by atoms with van der Waals surface area (Å²) in [6.45, 7) is 6.21. The maximum absolute atomic E-state index is 5.84. The van der Waals surface area contributed by atoms with E-state index in [4.69, 9.17) is 5.73 Å². The maximum atomic E-state index is 5.84. The van der Waals surface area contributed by atoms with Crippen molar-refractivity contribution in [2.24, 2.45) is 0 Å². The topological polar surface area (TPSA) is 63.8 Å². The third-order valence-corrected chi connectivity index (χ3v) is 2.69. The van der Waals surface area contributed by atoms with E-state index in [0.29, 0.717) is 17.6 Å². The number of nitrogen functional groups attached to an aromatic ring is 1. The number of hydrogen-bond acceptors (Lipinski definition) is 4. The predicted octanol–water partition coefficient (Wildman–Crippen LogP) is 3.23. The molecule has 0 radical (unpaired) electrons. The zero-order valence-electron chi connectivity index (χ0n) is 10.9. The molecule has 0 saturated heterocycles. The number of aryl methyl sites for hydroxylation is 1. The Hall–Kier alpha value is -2.10. The van der Waals surface area contributed by atoms with Crippen LogP contribution in [0.15, 0.2) is 30.5 Å². The molecule has 0 aliphatic rings. The Balaban J connectivity index is 2.30. The van der Waals surface area contributed by atoms with Gasteiger partial charge in [0.05, 0.1) is 11.9 Å². The Bertz CT molecular complexity index is 549. The number of aromatic nitrogens is 2. The molecule has 4 nitrogen and oxygen atoms in total. The summed E-state index contributed by atoms with van der Waals surface area (Å²) in [6.07, 6.45) is 1.72. The molecule has 0 aliphatic carbocycles. The Morgan fingerprint density at radius 2 is 2.06 bits per heavy atom. The average Bonchev–Trinajstić information content (AvgIpc) is 2.31. The first kappa shape index (κ1) is 12.4. The lowest BCUT2D eigenvalue weighted by Gasteiger charge is -2.11. The molecular formula is C14H18N4. The van der Waals surface area contributed by atoms with Gasteiger partial charge in [0, 0.05) is 5.69 Å². The molecule has 1 aromatic carbocycles. The minimum Gasteiger partial charge on any atom is -0.381 e. The van der Waals surface area contributed by atoms with Gasteiger partial charge >= 0.3 is 0 Å². The van der Waals surface area contributed by atoms with Crippen LogP contribution in [0.3, 0.4) is 0 Å².